The Morgan fingerprint density at radius 2 is 1.96 bits per heavy atom. The van der Waals surface area contributed by atoms with Gasteiger partial charge in [-0.2, -0.15) is 0 Å². The fourth-order valence-electron chi connectivity index (χ4n) is 3.52. The minimum absolute atomic E-state index is 0.00811. The number of benzene rings is 1. The molecule has 0 aliphatic carbocycles. The van der Waals surface area contributed by atoms with Crippen LogP contribution in [0.3, 0.4) is 0 Å². The quantitative estimate of drug-likeness (QED) is 0.768. The van der Waals surface area contributed by atoms with E-state index in [-0.39, 0.29) is 18.1 Å². The number of alkyl halides is 1. The van der Waals surface area contributed by atoms with Crippen molar-refractivity contribution in [2.45, 2.75) is 37.2 Å². The van der Waals surface area contributed by atoms with Crippen molar-refractivity contribution in [3.05, 3.63) is 17.7 Å². The summed E-state index contributed by atoms with van der Waals surface area (Å²) in [6.45, 7) is 2.73. The molecular weight excluding hydrogens is 346 g/mol. The summed E-state index contributed by atoms with van der Waals surface area (Å²) in [4.78, 5) is 26.5. The monoisotopic (exact) mass is 367 g/mol. The average Bonchev–Trinajstić information content (AvgIpc) is 2.60. The van der Waals surface area contributed by atoms with Gasteiger partial charge in [0.2, 0.25) is 5.91 Å². The van der Waals surface area contributed by atoms with Crippen molar-refractivity contribution in [2.75, 3.05) is 27.3 Å². The number of halogens is 1. The summed E-state index contributed by atoms with van der Waals surface area (Å²) in [6, 6.07) is 3.40. The molecule has 0 bridgehead atoms. The number of piperidine rings is 1. The second-order valence-corrected chi connectivity index (χ2v) is 7.18. The molecule has 1 fully saturated rings. The number of rotatable bonds is 3. The summed E-state index contributed by atoms with van der Waals surface area (Å²) >= 11 is 5.89. The van der Waals surface area contributed by atoms with Crippen molar-refractivity contribution in [3.8, 4) is 17.2 Å². The molecule has 0 N–H and O–H groups in total. The highest BCUT2D eigenvalue weighted by Gasteiger charge is 2.45. The fraction of sp³-hybridized carbons (Fsp3) is 0.556. The Hall–Kier alpha value is -1.95. The number of amides is 1. The lowest BCUT2D eigenvalue weighted by atomic mass is 9.82. The average molecular weight is 368 g/mol. The predicted octanol–water partition coefficient (Wildman–Crippen LogP) is 2.66. The van der Waals surface area contributed by atoms with E-state index in [1.54, 1.807) is 31.1 Å². The van der Waals surface area contributed by atoms with E-state index >= 15 is 0 Å². The van der Waals surface area contributed by atoms with E-state index < -0.39 is 11.0 Å². The standard InChI is InChI=1S/C18H22ClNO5/c1-11(19)17(22)20-6-4-18(5-7-20)10-13(21)16-14(24-3)8-12(23-2)9-15(16)25-18/h8-9,11H,4-7,10H2,1-3H3. The molecule has 0 saturated carbocycles. The third-order valence-electron chi connectivity index (χ3n) is 4.91. The normalized spacial score (nSPS) is 19.8. The molecule has 2 aliphatic rings. The lowest BCUT2D eigenvalue weighted by Crippen LogP contribution is -2.53. The van der Waals surface area contributed by atoms with Crippen molar-refractivity contribution in [1.82, 2.24) is 4.90 Å². The number of carbonyl (C=O) groups excluding carboxylic acids is 2. The molecule has 2 heterocycles. The van der Waals surface area contributed by atoms with Crippen LogP contribution in [-0.2, 0) is 4.79 Å². The number of Topliss-reactive ketones (excluding diaryl/α,β-unsaturated/α-hetero) is 1. The maximum Gasteiger partial charge on any atom is 0.240 e. The van der Waals surface area contributed by atoms with Crippen LogP contribution in [-0.4, -0.2) is 54.9 Å². The topological polar surface area (TPSA) is 65.1 Å². The molecule has 7 heteroatoms. The van der Waals surface area contributed by atoms with Gasteiger partial charge in [0.05, 0.1) is 20.6 Å². The zero-order valence-electron chi connectivity index (χ0n) is 14.6. The maximum atomic E-state index is 12.8. The summed E-state index contributed by atoms with van der Waals surface area (Å²) in [5, 5.41) is -0.544. The first-order chi connectivity index (χ1) is 11.9. The van der Waals surface area contributed by atoms with E-state index in [1.807, 2.05) is 0 Å². The van der Waals surface area contributed by atoms with Crippen LogP contribution in [0.4, 0.5) is 0 Å². The number of ether oxygens (including phenoxy) is 3. The smallest absolute Gasteiger partial charge is 0.240 e. The molecule has 136 valence electrons. The molecule has 2 aliphatic heterocycles. The largest absolute Gasteiger partial charge is 0.496 e. The molecule has 1 aromatic carbocycles. The third kappa shape index (κ3) is 3.27. The third-order valence-corrected chi connectivity index (χ3v) is 5.10. The van der Waals surface area contributed by atoms with E-state index in [0.29, 0.717) is 48.7 Å². The fourth-order valence-corrected chi connectivity index (χ4v) is 3.65. The van der Waals surface area contributed by atoms with Crippen molar-refractivity contribution < 1.29 is 23.8 Å². The first-order valence-corrected chi connectivity index (χ1v) is 8.74. The highest BCUT2D eigenvalue weighted by Crippen LogP contribution is 2.44. The van der Waals surface area contributed by atoms with Crippen LogP contribution in [0, 0.1) is 0 Å². The second-order valence-electron chi connectivity index (χ2n) is 6.53. The van der Waals surface area contributed by atoms with Crippen LogP contribution in [0.2, 0.25) is 0 Å². The highest BCUT2D eigenvalue weighted by atomic mass is 35.5. The Labute approximate surface area is 152 Å². The molecule has 1 spiro atoms. The van der Waals surface area contributed by atoms with Gasteiger partial charge in [0.25, 0.3) is 0 Å². The van der Waals surface area contributed by atoms with E-state index in [2.05, 4.69) is 0 Å². The lowest BCUT2D eigenvalue weighted by Gasteiger charge is -2.44. The second kappa shape index (κ2) is 6.75. The molecule has 1 amide bonds. The lowest BCUT2D eigenvalue weighted by molar-refractivity contribution is -0.134. The summed E-state index contributed by atoms with van der Waals surface area (Å²) in [5.41, 5.74) is -0.129. The van der Waals surface area contributed by atoms with Gasteiger partial charge in [-0.1, -0.05) is 0 Å². The zero-order chi connectivity index (χ0) is 18.2. The van der Waals surface area contributed by atoms with Crippen LogP contribution >= 0.6 is 11.6 Å². The Kier molecular flexibility index (Phi) is 4.82. The first-order valence-electron chi connectivity index (χ1n) is 8.30. The van der Waals surface area contributed by atoms with Gasteiger partial charge in [-0.15, -0.1) is 11.6 Å². The van der Waals surface area contributed by atoms with E-state index in [0.717, 1.165) is 0 Å². The summed E-state index contributed by atoms with van der Waals surface area (Å²) in [7, 11) is 3.07. The van der Waals surface area contributed by atoms with Crippen LogP contribution in [0.15, 0.2) is 12.1 Å². The molecule has 1 unspecified atom stereocenters. The van der Waals surface area contributed by atoms with Gasteiger partial charge in [0, 0.05) is 38.1 Å². The minimum atomic E-state index is -0.589. The van der Waals surface area contributed by atoms with Gasteiger partial charge in [-0.05, 0) is 6.92 Å². The number of carbonyl (C=O) groups is 2. The summed E-state index contributed by atoms with van der Waals surface area (Å²) in [6.07, 6.45) is 1.46. The molecular formula is C18H22ClNO5. The SMILES string of the molecule is COc1cc(OC)c2c(c1)OC1(CCN(C(=O)C(C)Cl)CC1)CC2=O. The van der Waals surface area contributed by atoms with E-state index in [4.69, 9.17) is 25.8 Å². The van der Waals surface area contributed by atoms with Crippen molar-refractivity contribution in [3.63, 3.8) is 0 Å². The number of hydrogen-bond acceptors (Lipinski definition) is 5. The van der Waals surface area contributed by atoms with Crippen LogP contribution in [0.1, 0.15) is 36.5 Å². The number of ketones is 1. The van der Waals surface area contributed by atoms with Crippen LogP contribution in [0.25, 0.3) is 0 Å². The van der Waals surface area contributed by atoms with Crippen molar-refractivity contribution in [2.24, 2.45) is 0 Å². The first kappa shape index (κ1) is 17.9. The molecule has 1 saturated heterocycles. The van der Waals surface area contributed by atoms with Crippen molar-refractivity contribution >= 4 is 23.3 Å². The number of fused-ring (bicyclic) bond motifs is 1. The Balaban J connectivity index is 1.85. The molecule has 1 atom stereocenters. The van der Waals surface area contributed by atoms with Gasteiger partial charge in [-0.3, -0.25) is 9.59 Å². The Morgan fingerprint density at radius 3 is 2.52 bits per heavy atom. The molecule has 0 aromatic heterocycles. The minimum Gasteiger partial charge on any atom is -0.496 e. The maximum absolute atomic E-state index is 12.8. The van der Waals surface area contributed by atoms with E-state index in [9.17, 15) is 9.59 Å². The van der Waals surface area contributed by atoms with Crippen molar-refractivity contribution in [1.29, 1.82) is 0 Å². The van der Waals surface area contributed by atoms with E-state index in [1.165, 1.54) is 7.11 Å². The molecule has 6 nitrogen and oxygen atoms in total. The molecule has 25 heavy (non-hydrogen) atoms. The van der Waals surface area contributed by atoms with Gasteiger partial charge >= 0.3 is 0 Å². The highest BCUT2D eigenvalue weighted by molar-refractivity contribution is 6.30. The van der Waals surface area contributed by atoms with Gasteiger partial charge < -0.3 is 19.1 Å². The summed E-state index contributed by atoms with van der Waals surface area (Å²) < 4.78 is 16.9. The summed E-state index contributed by atoms with van der Waals surface area (Å²) in [5.74, 6) is 1.42. The van der Waals surface area contributed by atoms with Gasteiger partial charge in [-0.25, -0.2) is 0 Å². The number of hydrogen-bond donors (Lipinski definition) is 0. The predicted molar refractivity (Wildman–Crippen MR) is 93.0 cm³/mol. The Morgan fingerprint density at radius 1 is 1.28 bits per heavy atom. The van der Waals surface area contributed by atoms with Gasteiger partial charge in [0.1, 0.15) is 33.8 Å². The number of likely N-dealkylation sites (tertiary alicyclic amines) is 1. The van der Waals surface area contributed by atoms with Crippen LogP contribution in [0.5, 0.6) is 17.2 Å². The molecule has 0 radical (unpaired) electrons. The Bertz CT molecular complexity index is 695. The molecule has 1 aromatic rings. The van der Waals surface area contributed by atoms with Crippen LogP contribution < -0.4 is 14.2 Å². The zero-order valence-corrected chi connectivity index (χ0v) is 15.4. The molecule has 3 rings (SSSR count). The number of methoxy groups -OCH3 is 2. The number of nitrogens with zero attached hydrogens (tertiary/aromatic N) is 1. The van der Waals surface area contributed by atoms with Gasteiger partial charge in [0.15, 0.2) is 5.78 Å².